The van der Waals surface area contributed by atoms with E-state index in [1.165, 1.54) is 0 Å². The number of aromatic nitrogens is 2. The zero-order valence-electron chi connectivity index (χ0n) is 15.5. The molecule has 3 rings (SSSR count). The molecule has 0 bridgehead atoms. The highest BCUT2D eigenvalue weighted by molar-refractivity contribution is 5.81. The Morgan fingerprint density at radius 1 is 1.11 bits per heavy atom. The first-order chi connectivity index (χ1) is 13.1. The van der Waals surface area contributed by atoms with Gasteiger partial charge in [0.25, 0.3) is 0 Å². The molecule has 0 spiro atoms. The summed E-state index contributed by atoms with van der Waals surface area (Å²) >= 11 is 0. The number of para-hydroxylation sites is 2. The number of rotatable bonds is 7. The van der Waals surface area contributed by atoms with Crippen LogP contribution in [0.5, 0.6) is 0 Å². The van der Waals surface area contributed by atoms with Gasteiger partial charge in [-0.15, -0.1) is 0 Å². The van der Waals surface area contributed by atoms with E-state index in [1.807, 2.05) is 61.5 Å². The Kier molecular flexibility index (Phi) is 5.86. The maximum atomic E-state index is 12.4. The van der Waals surface area contributed by atoms with Crippen LogP contribution in [0.1, 0.15) is 31.3 Å². The van der Waals surface area contributed by atoms with Gasteiger partial charge in [-0.1, -0.05) is 42.5 Å². The normalized spacial score (nSPS) is 11.9. The lowest BCUT2D eigenvalue weighted by molar-refractivity contribution is -0.143. The largest absolute Gasteiger partial charge is 0.465 e. The molecule has 1 unspecified atom stereocenters. The van der Waals surface area contributed by atoms with Crippen molar-refractivity contribution in [3.63, 3.8) is 0 Å². The van der Waals surface area contributed by atoms with Crippen LogP contribution in [-0.4, -0.2) is 28.0 Å². The maximum absolute atomic E-state index is 12.4. The summed E-state index contributed by atoms with van der Waals surface area (Å²) in [5.74, 6) is 0.207. The standard InChI is InChI=1S/C21H23N3O3/c1-3-27-20(26)14-24-18-12-8-7-11-17(18)23-21(24)15(2)22-19(25)13-16-9-5-4-6-10-16/h4-12,15H,3,13-14H2,1-2H3,(H,22,25). The lowest BCUT2D eigenvalue weighted by Crippen LogP contribution is -2.30. The Morgan fingerprint density at radius 2 is 1.81 bits per heavy atom. The first kappa shape index (κ1) is 18.6. The summed E-state index contributed by atoms with van der Waals surface area (Å²) in [4.78, 5) is 29.1. The van der Waals surface area contributed by atoms with E-state index in [4.69, 9.17) is 4.74 Å². The van der Waals surface area contributed by atoms with Crippen LogP contribution in [0.15, 0.2) is 54.6 Å². The minimum atomic E-state index is -0.344. The zero-order chi connectivity index (χ0) is 19.2. The highest BCUT2D eigenvalue weighted by Crippen LogP contribution is 2.21. The molecule has 3 aromatic rings. The average Bonchev–Trinajstić information content (AvgIpc) is 3.01. The van der Waals surface area contributed by atoms with E-state index in [-0.39, 0.29) is 24.5 Å². The quantitative estimate of drug-likeness (QED) is 0.653. The van der Waals surface area contributed by atoms with Crippen LogP contribution in [0.3, 0.4) is 0 Å². The first-order valence-corrected chi connectivity index (χ1v) is 9.02. The van der Waals surface area contributed by atoms with Crippen LogP contribution in [0.2, 0.25) is 0 Å². The van der Waals surface area contributed by atoms with Gasteiger partial charge in [-0.05, 0) is 31.5 Å². The summed E-state index contributed by atoms with van der Waals surface area (Å²) in [6.07, 6.45) is 0.295. The second kappa shape index (κ2) is 8.49. The summed E-state index contributed by atoms with van der Waals surface area (Å²) in [5.41, 5.74) is 2.56. The Bertz CT molecular complexity index is 934. The summed E-state index contributed by atoms with van der Waals surface area (Å²) in [5, 5.41) is 2.98. The number of carbonyl (C=O) groups is 2. The molecule has 1 heterocycles. The van der Waals surface area contributed by atoms with Gasteiger partial charge < -0.3 is 14.6 Å². The monoisotopic (exact) mass is 365 g/mol. The molecule has 140 valence electrons. The van der Waals surface area contributed by atoms with Crippen molar-refractivity contribution >= 4 is 22.9 Å². The number of nitrogens with one attached hydrogen (secondary N) is 1. The molecule has 1 aromatic heterocycles. The Labute approximate surface area is 158 Å². The van der Waals surface area contributed by atoms with Gasteiger partial charge in [0.15, 0.2) is 0 Å². The molecule has 0 fully saturated rings. The molecule has 1 atom stereocenters. The third-order valence-electron chi connectivity index (χ3n) is 4.25. The van der Waals surface area contributed by atoms with E-state index in [1.54, 1.807) is 11.5 Å². The maximum Gasteiger partial charge on any atom is 0.326 e. The predicted molar refractivity (Wildman–Crippen MR) is 103 cm³/mol. The molecular weight excluding hydrogens is 342 g/mol. The van der Waals surface area contributed by atoms with Gasteiger partial charge in [-0.25, -0.2) is 4.98 Å². The predicted octanol–water partition coefficient (Wildman–Crippen LogP) is 3.02. The topological polar surface area (TPSA) is 73.2 Å². The number of fused-ring (bicyclic) bond motifs is 1. The highest BCUT2D eigenvalue weighted by atomic mass is 16.5. The van der Waals surface area contributed by atoms with Crippen LogP contribution in [-0.2, 0) is 27.3 Å². The number of nitrogens with zero attached hydrogens (tertiary/aromatic N) is 2. The molecule has 27 heavy (non-hydrogen) atoms. The fourth-order valence-electron chi connectivity index (χ4n) is 3.06. The van der Waals surface area contributed by atoms with Crippen LogP contribution >= 0.6 is 0 Å². The Morgan fingerprint density at radius 3 is 2.56 bits per heavy atom. The third kappa shape index (κ3) is 4.53. The van der Waals surface area contributed by atoms with E-state index >= 15 is 0 Å². The number of imidazole rings is 1. The molecule has 1 N–H and O–H groups in total. The molecule has 0 saturated carbocycles. The van der Waals surface area contributed by atoms with Gasteiger partial charge in [0.2, 0.25) is 5.91 Å². The second-order valence-electron chi connectivity index (χ2n) is 6.30. The Balaban J connectivity index is 1.81. The van der Waals surface area contributed by atoms with Crippen LogP contribution in [0, 0.1) is 0 Å². The van der Waals surface area contributed by atoms with E-state index in [0.717, 1.165) is 16.6 Å². The molecule has 2 aromatic carbocycles. The first-order valence-electron chi connectivity index (χ1n) is 9.02. The second-order valence-corrected chi connectivity index (χ2v) is 6.30. The van der Waals surface area contributed by atoms with Crippen LogP contribution in [0.25, 0.3) is 11.0 Å². The zero-order valence-corrected chi connectivity index (χ0v) is 15.5. The molecule has 0 aliphatic rings. The number of esters is 1. The van der Waals surface area contributed by atoms with Crippen molar-refractivity contribution in [3.05, 3.63) is 66.0 Å². The summed E-state index contributed by atoms with van der Waals surface area (Å²) in [7, 11) is 0. The highest BCUT2D eigenvalue weighted by Gasteiger charge is 2.20. The molecule has 6 heteroatoms. The number of ether oxygens (including phenoxy) is 1. The van der Waals surface area contributed by atoms with Gasteiger partial charge in [-0.3, -0.25) is 9.59 Å². The fourth-order valence-corrected chi connectivity index (χ4v) is 3.06. The van der Waals surface area contributed by atoms with Gasteiger partial charge in [0, 0.05) is 0 Å². The summed E-state index contributed by atoms with van der Waals surface area (Å²) < 4.78 is 6.89. The molecule has 0 radical (unpaired) electrons. The van der Waals surface area contributed by atoms with Crippen molar-refractivity contribution in [2.45, 2.75) is 32.9 Å². The third-order valence-corrected chi connectivity index (χ3v) is 4.25. The van der Waals surface area contributed by atoms with Crippen molar-refractivity contribution in [2.75, 3.05) is 6.61 Å². The van der Waals surface area contributed by atoms with E-state index in [0.29, 0.717) is 18.9 Å². The SMILES string of the molecule is CCOC(=O)Cn1c(C(C)NC(=O)Cc2ccccc2)nc2ccccc21. The lowest BCUT2D eigenvalue weighted by Gasteiger charge is -2.16. The summed E-state index contributed by atoms with van der Waals surface area (Å²) in [6.45, 7) is 4.02. The van der Waals surface area contributed by atoms with Gasteiger partial charge in [0.05, 0.1) is 30.1 Å². The minimum Gasteiger partial charge on any atom is -0.465 e. The van der Waals surface area contributed by atoms with Crippen molar-refractivity contribution in [1.82, 2.24) is 14.9 Å². The molecule has 0 aliphatic heterocycles. The van der Waals surface area contributed by atoms with E-state index in [9.17, 15) is 9.59 Å². The van der Waals surface area contributed by atoms with E-state index < -0.39 is 0 Å². The number of amides is 1. The molecule has 0 aliphatic carbocycles. The van der Waals surface area contributed by atoms with Gasteiger partial charge in [0.1, 0.15) is 12.4 Å². The molecular formula is C21H23N3O3. The average molecular weight is 365 g/mol. The van der Waals surface area contributed by atoms with Crippen molar-refractivity contribution in [3.8, 4) is 0 Å². The number of carbonyl (C=O) groups excluding carboxylic acids is 2. The molecule has 1 amide bonds. The minimum absolute atomic E-state index is 0.0581. The number of hydrogen-bond donors (Lipinski definition) is 1. The van der Waals surface area contributed by atoms with Crippen molar-refractivity contribution in [2.24, 2.45) is 0 Å². The number of hydrogen-bond acceptors (Lipinski definition) is 4. The van der Waals surface area contributed by atoms with Crippen molar-refractivity contribution in [1.29, 1.82) is 0 Å². The smallest absolute Gasteiger partial charge is 0.326 e. The van der Waals surface area contributed by atoms with Gasteiger partial charge in [-0.2, -0.15) is 0 Å². The fraction of sp³-hybridized carbons (Fsp3) is 0.286. The molecule has 0 saturated heterocycles. The molecule has 6 nitrogen and oxygen atoms in total. The van der Waals surface area contributed by atoms with Crippen molar-refractivity contribution < 1.29 is 14.3 Å². The van der Waals surface area contributed by atoms with Crippen LogP contribution in [0.4, 0.5) is 0 Å². The van der Waals surface area contributed by atoms with Gasteiger partial charge >= 0.3 is 5.97 Å². The summed E-state index contributed by atoms with van der Waals surface area (Å²) in [6, 6.07) is 16.8. The number of benzene rings is 2. The lowest BCUT2D eigenvalue weighted by atomic mass is 10.1. The Hall–Kier alpha value is -3.15. The van der Waals surface area contributed by atoms with Crippen LogP contribution < -0.4 is 5.32 Å². The van der Waals surface area contributed by atoms with E-state index in [2.05, 4.69) is 10.3 Å².